The zero-order valence-electron chi connectivity index (χ0n) is 14.6. The molecule has 0 atom stereocenters. The third-order valence-corrected chi connectivity index (χ3v) is 4.52. The first-order valence-electron chi connectivity index (χ1n) is 8.09. The first kappa shape index (κ1) is 19.6. The molecule has 0 aromatic heterocycles. The number of carboxylic acid groups (broad SMARTS) is 1. The topological polar surface area (TPSA) is 90.5 Å². The fourth-order valence-electron chi connectivity index (χ4n) is 2.66. The molecule has 0 aliphatic carbocycles. The van der Waals surface area contributed by atoms with Gasteiger partial charge < -0.3 is 20.0 Å². The second-order valence-electron chi connectivity index (χ2n) is 5.79. The first-order valence-corrected chi connectivity index (χ1v) is 8.87. The van der Waals surface area contributed by atoms with E-state index in [4.69, 9.17) is 28.6 Å². The first-order chi connectivity index (χ1) is 13.4. The van der Waals surface area contributed by atoms with Crippen LogP contribution in [0.15, 0.2) is 54.6 Å². The largest absolute Gasteiger partial charge is 0.545 e. The van der Waals surface area contributed by atoms with Crippen LogP contribution < -0.4 is 20.5 Å². The molecule has 0 heterocycles. The number of fused-ring (bicyclic) bond motifs is 1. The molecule has 0 saturated carbocycles. The number of methoxy groups -OCH3 is 1. The minimum Gasteiger partial charge on any atom is -0.545 e. The fourth-order valence-corrected chi connectivity index (χ4v) is 3.06. The van der Waals surface area contributed by atoms with Gasteiger partial charge in [0.2, 0.25) is 0 Å². The van der Waals surface area contributed by atoms with E-state index in [0.717, 1.165) is 10.8 Å². The van der Waals surface area contributed by atoms with Crippen molar-refractivity contribution in [1.82, 2.24) is 5.32 Å². The molecule has 0 unspecified atom stereocenters. The van der Waals surface area contributed by atoms with Crippen molar-refractivity contribution in [1.29, 1.82) is 0 Å². The third-order valence-electron chi connectivity index (χ3n) is 3.98. The van der Waals surface area contributed by atoms with Crippen molar-refractivity contribution in [2.75, 3.05) is 12.4 Å². The van der Waals surface area contributed by atoms with Crippen LogP contribution >= 0.6 is 23.8 Å². The van der Waals surface area contributed by atoms with Gasteiger partial charge >= 0.3 is 0 Å². The highest BCUT2D eigenvalue weighted by atomic mass is 35.5. The van der Waals surface area contributed by atoms with E-state index in [1.54, 1.807) is 12.1 Å². The second-order valence-corrected chi connectivity index (χ2v) is 6.61. The SMILES string of the molecule is COc1cc2ccccc2cc1C(=O)NC(=S)Nc1ccc(Cl)c(C(=O)[O-])c1. The van der Waals surface area contributed by atoms with Gasteiger partial charge in [0.15, 0.2) is 5.11 Å². The number of nitrogens with one attached hydrogen (secondary N) is 2. The van der Waals surface area contributed by atoms with Gasteiger partial charge in [-0.3, -0.25) is 10.1 Å². The van der Waals surface area contributed by atoms with E-state index in [1.165, 1.54) is 25.3 Å². The highest BCUT2D eigenvalue weighted by molar-refractivity contribution is 7.80. The molecule has 142 valence electrons. The molecular weight excluding hydrogens is 400 g/mol. The molecule has 0 saturated heterocycles. The van der Waals surface area contributed by atoms with Crippen molar-refractivity contribution in [2.24, 2.45) is 0 Å². The smallest absolute Gasteiger partial charge is 0.261 e. The number of rotatable bonds is 4. The van der Waals surface area contributed by atoms with Crippen LogP contribution in [0.1, 0.15) is 20.7 Å². The predicted octanol–water partition coefficient (Wildman–Crippen LogP) is 2.99. The van der Waals surface area contributed by atoms with E-state index >= 15 is 0 Å². The number of carbonyl (C=O) groups is 2. The molecule has 28 heavy (non-hydrogen) atoms. The monoisotopic (exact) mass is 413 g/mol. The van der Waals surface area contributed by atoms with Gasteiger partial charge in [-0.2, -0.15) is 0 Å². The Balaban J connectivity index is 1.79. The zero-order chi connectivity index (χ0) is 20.3. The maximum atomic E-state index is 12.7. The van der Waals surface area contributed by atoms with Gasteiger partial charge in [0.25, 0.3) is 5.91 Å². The summed E-state index contributed by atoms with van der Waals surface area (Å²) in [5.74, 6) is -1.47. The summed E-state index contributed by atoms with van der Waals surface area (Å²) in [6.07, 6.45) is 0. The van der Waals surface area contributed by atoms with Gasteiger partial charge in [-0.1, -0.05) is 35.9 Å². The number of aromatic carboxylic acids is 1. The fraction of sp³-hybridized carbons (Fsp3) is 0.0500. The molecule has 0 spiro atoms. The summed E-state index contributed by atoms with van der Waals surface area (Å²) in [6, 6.07) is 15.3. The van der Waals surface area contributed by atoms with Gasteiger partial charge in [0.1, 0.15) is 5.75 Å². The van der Waals surface area contributed by atoms with Crippen LogP contribution in [0.3, 0.4) is 0 Å². The lowest BCUT2D eigenvalue weighted by atomic mass is 10.1. The summed E-state index contributed by atoms with van der Waals surface area (Å²) in [4.78, 5) is 23.7. The summed E-state index contributed by atoms with van der Waals surface area (Å²) >= 11 is 11.0. The Labute approximate surface area is 171 Å². The minimum absolute atomic E-state index is 0.00756. The summed E-state index contributed by atoms with van der Waals surface area (Å²) in [5, 5.41) is 18.2. The lowest BCUT2D eigenvalue weighted by Crippen LogP contribution is -2.34. The Bertz CT molecular complexity index is 1100. The highest BCUT2D eigenvalue weighted by Crippen LogP contribution is 2.26. The van der Waals surface area contributed by atoms with Crippen LogP contribution in [0.25, 0.3) is 10.8 Å². The summed E-state index contributed by atoms with van der Waals surface area (Å²) < 4.78 is 5.32. The lowest BCUT2D eigenvalue weighted by Gasteiger charge is -2.14. The van der Waals surface area contributed by atoms with Gasteiger partial charge in [0, 0.05) is 16.3 Å². The van der Waals surface area contributed by atoms with Crippen molar-refractivity contribution in [3.8, 4) is 5.75 Å². The van der Waals surface area contributed by atoms with Gasteiger partial charge in [-0.15, -0.1) is 0 Å². The lowest BCUT2D eigenvalue weighted by molar-refractivity contribution is -0.255. The molecule has 0 bridgehead atoms. The van der Waals surface area contributed by atoms with Crippen LogP contribution in [0.4, 0.5) is 5.69 Å². The molecule has 3 aromatic rings. The highest BCUT2D eigenvalue weighted by Gasteiger charge is 2.15. The average molecular weight is 414 g/mol. The number of anilines is 1. The van der Waals surface area contributed by atoms with Crippen LogP contribution in [-0.2, 0) is 0 Å². The number of ether oxygens (including phenoxy) is 1. The van der Waals surface area contributed by atoms with Crippen LogP contribution in [0, 0.1) is 0 Å². The van der Waals surface area contributed by atoms with Crippen molar-refractivity contribution in [3.63, 3.8) is 0 Å². The van der Waals surface area contributed by atoms with E-state index in [9.17, 15) is 14.7 Å². The second kappa shape index (κ2) is 8.24. The van der Waals surface area contributed by atoms with E-state index in [1.807, 2.05) is 24.3 Å². The molecule has 1 amide bonds. The van der Waals surface area contributed by atoms with Crippen molar-refractivity contribution in [2.45, 2.75) is 0 Å². The van der Waals surface area contributed by atoms with Gasteiger partial charge in [-0.25, -0.2) is 0 Å². The van der Waals surface area contributed by atoms with E-state index in [2.05, 4.69) is 10.6 Å². The molecule has 0 fully saturated rings. The number of carbonyl (C=O) groups excluding carboxylic acids is 2. The summed E-state index contributed by atoms with van der Waals surface area (Å²) in [5.41, 5.74) is 0.480. The number of thiocarbonyl (C=S) groups is 1. The Morgan fingerprint density at radius 1 is 1.04 bits per heavy atom. The molecule has 0 radical (unpaired) electrons. The van der Waals surface area contributed by atoms with Crippen LogP contribution in [-0.4, -0.2) is 24.1 Å². The van der Waals surface area contributed by atoms with Crippen LogP contribution in [0.5, 0.6) is 5.75 Å². The van der Waals surface area contributed by atoms with E-state index in [0.29, 0.717) is 17.0 Å². The molecule has 3 rings (SSSR count). The number of amides is 1. The summed E-state index contributed by atoms with van der Waals surface area (Å²) in [6.45, 7) is 0. The standard InChI is InChI=1S/C20H15ClN2O4S/c1-27-17-9-12-5-3-2-4-11(12)8-15(17)18(24)23-20(28)22-13-6-7-16(21)14(10-13)19(25)26/h2-10H,1H3,(H,25,26)(H2,22,23,24,28)/p-1. The third kappa shape index (κ3) is 4.21. The van der Waals surface area contributed by atoms with E-state index < -0.39 is 11.9 Å². The maximum absolute atomic E-state index is 12.7. The zero-order valence-corrected chi connectivity index (χ0v) is 16.2. The molecular formula is C20H14ClN2O4S-. The summed E-state index contributed by atoms with van der Waals surface area (Å²) in [7, 11) is 1.48. The number of hydrogen-bond acceptors (Lipinski definition) is 5. The van der Waals surface area contributed by atoms with Crippen LogP contribution in [0.2, 0.25) is 5.02 Å². The van der Waals surface area contributed by atoms with Gasteiger partial charge in [0.05, 0.1) is 18.6 Å². The molecule has 2 N–H and O–H groups in total. The normalized spacial score (nSPS) is 10.4. The number of benzene rings is 3. The molecule has 8 heteroatoms. The predicted molar refractivity (Wildman–Crippen MR) is 110 cm³/mol. The van der Waals surface area contributed by atoms with Crippen molar-refractivity contribution in [3.05, 3.63) is 70.7 Å². The number of halogens is 1. The quantitative estimate of drug-likeness (QED) is 0.639. The van der Waals surface area contributed by atoms with E-state index in [-0.39, 0.29) is 15.7 Å². The molecule has 6 nitrogen and oxygen atoms in total. The Morgan fingerprint density at radius 3 is 2.36 bits per heavy atom. The van der Waals surface area contributed by atoms with Crippen molar-refractivity contribution >= 4 is 57.3 Å². The molecule has 0 aliphatic rings. The Kier molecular flexibility index (Phi) is 5.77. The number of carboxylic acids is 1. The molecule has 0 aliphatic heterocycles. The maximum Gasteiger partial charge on any atom is 0.261 e. The Hall–Kier alpha value is -3.16. The van der Waals surface area contributed by atoms with Crippen molar-refractivity contribution < 1.29 is 19.4 Å². The number of hydrogen-bond donors (Lipinski definition) is 2. The average Bonchev–Trinajstić information content (AvgIpc) is 2.68. The Morgan fingerprint density at radius 2 is 1.71 bits per heavy atom. The molecule has 3 aromatic carbocycles. The minimum atomic E-state index is -1.41. The van der Waals surface area contributed by atoms with Gasteiger partial charge in [-0.05, 0) is 53.3 Å².